The number of ether oxygens (including phenoxy) is 3. The number of aliphatic hydroxyl groups is 2. The molecule has 2 N–H and O–H groups in total. The Morgan fingerprint density at radius 1 is 1.02 bits per heavy atom. The highest BCUT2D eigenvalue weighted by molar-refractivity contribution is 6.03. The fourth-order valence-electron chi connectivity index (χ4n) is 8.99. The van der Waals surface area contributed by atoms with Crippen molar-refractivity contribution in [3.05, 3.63) is 123 Å². The Morgan fingerprint density at radius 2 is 1.73 bits per heavy atom. The third-order valence-electron chi connectivity index (χ3n) is 12.0. The lowest BCUT2D eigenvalue weighted by molar-refractivity contribution is -0.384. The summed E-state index contributed by atoms with van der Waals surface area (Å²) in [5.74, 6) is -0.185. The van der Waals surface area contributed by atoms with E-state index in [2.05, 4.69) is 32.6 Å². The molecule has 314 valence electrons. The number of allylic oxidation sites excluding steroid dienone is 1. The third kappa shape index (κ3) is 9.45. The van der Waals surface area contributed by atoms with Crippen LogP contribution in [0.15, 0.2) is 96.2 Å². The number of rotatable bonds is 19. The minimum atomic E-state index is -1.39. The van der Waals surface area contributed by atoms with E-state index in [-0.39, 0.29) is 55.6 Å². The van der Waals surface area contributed by atoms with Gasteiger partial charge in [0.25, 0.3) is 5.69 Å². The summed E-state index contributed by atoms with van der Waals surface area (Å²) in [6.45, 7) is 10.7. The van der Waals surface area contributed by atoms with Crippen LogP contribution in [0.5, 0.6) is 17.2 Å². The summed E-state index contributed by atoms with van der Waals surface area (Å²) in [6, 6.07) is 17.3. The summed E-state index contributed by atoms with van der Waals surface area (Å²) in [7, 11) is 1.73. The Bertz CT molecular complexity index is 2060. The lowest BCUT2D eigenvalue weighted by Crippen LogP contribution is -2.69. The number of nitrogens with zero attached hydrogens (tertiary/aromatic N) is 3. The average Bonchev–Trinajstić information content (AvgIpc) is 3.23. The number of unbranched alkanes of at least 4 members (excludes halogenated alkanes) is 2. The minimum Gasteiger partial charge on any atom is -0.459 e. The summed E-state index contributed by atoms with van der Waals surface area (Å²) in [5.41, 5.74) is 5.51. The molecule has 6 unspecified atom stereocenters. The molecule has 0 aromatic heterocycles. The predicted octanol–water partition coefficient (Wildman–Crippen LogP) is 8.83. The van der Waals surface area contributed by atoms with Crippen molar-refractivity contribution >= 4 is 23.4 Å². The van der Waals surface area contributed by atoms with Crippen molar-refractivity contribution in [3.63, 3.8) is 0 Å². The second-order valence-corrected chi connectivity index (χ2v) is 15.7. The maximum Gasteiger partial charge on any atom is 0.269 e. The number of nitro groups is 1. The number of benzene rings is 3. The smallest absolute Gasteiger partial charge is 0.269 e. The maximum absolute atomic E-state index is 14.2. The van der Waals surface area contributed by atoms with Gasteiger partial charge in [0.2, 0.25) is 11.7 Å². The van der Waals surface area contributed by atoms with E-state index in [1.807, 2.05) is 37.3 Å². The van der Waals surface area contributed by atoms with Crippen molar-refractivity contribution in [2.45, 2.75) is 83.5 Å². The van der Waals surface area contributed by atoms with Gasteiger partial charge in [-0.05, 0) is 129 Å². The quantitative estimate of drug-likeness (QED) is 0.0398. The fourth-order valence-corrected chi connectivity index (χ4v) is 8.99. The number of hydrogen-bond donors (Lipinski definition) is 2. The van der Waals surface area contributed by atoms with Gasteiger partial charge in [-0.3, -0.25) is 14.9 Å². The van der Waals surface area contributed by atoms with Gasteiger partial charge in [-0.15, -0.1) is 6.58 Å². The Kier molecular flexibility index (Phi) is 14.4. The van der Waals surface area contributed by atoms with Gasteiger partial charge in [0.1, 0.15) is 29.9 Å². The zero-order chi connectivity index (χ0) is 42.1. The molecule has 6 rings (SSSR count). The van der Waals surface area contributed by atoms with Crippen LogP contribution in [0.4, 0.5) is 5.69 Å². The van der Waals surface area contributed by atoms with Crippen LogP contribution in [-0.2, 0) is 14.4 Å². The highest BCUT2D eigenvalue weighted by atomic mass is 16.7. The van der Waals surface area contributed by atoms with Crippen LogP contribution in [0, 0.1) is 41.7 Å². The van der Waals surface area contributed by atoms with Crippen LogP contribution >= 0.6 is 0 Å². The highest BCUT2D eigenvalue weighted by Crippen LogP contribution is 2.62. The first-order chi connectivity index (χ1) is 28.5. The molecule has 1 heterocycles. The molecule has 1 fully saturated rings. The molecule has 12 nitrogen and oxygen atoms in total. The third-order valence-corrected chi connectivity index (χ3v) is 12.0. The molecule has 59 heavy (non-hydrogen) atoms. The van der Waals surface area contributed by atoms with Crippen LogP contribution in [0.3, 0.4) is 0 Å². The Hall–Kier alpha value is -5.30. The Balaban J connectivity index is 1.51. The first-order valence-corrected chi connectivity index (χ1v) is 20.7. The first kappa shape index (κ1) is 43.3. The van der Waals surface area contributed by atoms with Crippen LogP contribution in [0.2, 0.25) is 0 Å². The van der Waals surface area contributed by atoms with E-state index in [0.29, 0.717) is 42.2 Å². The number of aryl methyl sites for hydroxylation is 2. The van der Waals surface area contributed by atoms with E-state index in [9.17, 15) is 25.1 Å². The van der Waals surface area contributed by atoms with Gasteiger partial charge in [0, 0.05) is 56.4 Å². The number of fused-ring (bicyclic) bond motifs is 2. The maximum atomic E-state index is 14.2. The van der Waals surface area contributed by atoms with Crippen molar-refractivity contribution in [1.29, 1.82) is 0 Å². The lowest BCUT2D eigenvalue weighted by atomic mass is 9.55. The van der Waals surface area contributed by atoms with Crippen molar-refractivity contribution in [2.75, 3.05) is 33.5 Å². The van der Waals surface area contributed by atoms with Crippen LogP contribution < -0.4 is 9.47 Å². The normalized spacial score (nSPS) is 23.8. The molecule has 2 aliphatic carbocycles. The van der Waals surface area contributed by atoms with Gasteiger partial charge in [0.05, 0.1) is 23.2 Å². The SMILES string of the molecule is C=CCOC12Oc3ccc(Oc4ccc(C)c(C)c4)cc3C3C(CCCCO)C(CCCCO)C=C(C(=NOCC)CC1N(C)C(=O)C=Cc1ccc([N+](=O)[O-])cc1)C32. The molecule has 0 spiro atoms. The first-order valence-electron chi connectivity index (χ1n) is 20.7. The summed E-state index contributed by atoms with van der Waals surface area (Å²) in [6.07, 6.45) is 12.0. The van der Waals surface area contributed by atoms with E-state index in [1.165, 1.54) is 23.8 Å². The molecule has 3 aromatic carbocycles. The van der Waals surface area contributed by atoms with Crippen molar-refractivity contribution in [1.82, 2.24) is 4.90 Å². The molecule has 6 atom stereocenters. The predicted molar refractivity (Wildman–Crippen MR) is 227 cm³/mol. The zero-order valence-electron chi connectivity index (χ0n) is 34.5. The lowest BCUT2D eigenvalue weighted by Gasteiger charge is -2.59. The average molecular weight is 808 g/mol. The molecule has 3 aliphatic rings. The second kappa shape index (κ2) is 19.6. The molecular weight excluding hydrogens is 751 g/mol. The Labute approximate surface area is 347 Å². The number of aliphatic hydroxyl groups excluding tert-OH is 2. The summed E-state index contributed by atoms with van der Waals surface area (Å²) in [4.78, 5) is 32.4. The number of likely N-dealkylation sites (N-methyl/N-ethyl adjacent to an activating group) is 1. The molecule has 0 saturated heterocycles. The molecule has 3 aromatic rings. The molecule has 1 aliphatic heterocycles. The van der Waals surface area contributed by atoms with E-state index < -0.39 is 22.7 Å². The van der Waals surface area contributed by atoms with Crippen LogP contribution in [0.1, 0.15) is 80.0 Å². The molecule has 0 radical (unpaired) electrons. The van der Waals surface area contributed by atoms with E-state index in [0.717, 1.165) is 48.1 Å². The van der Waals surface area contributed by atoms with Gasteiger partial charge in [-0.25, -0.2) is 0 Å². The fraction of sp³-hybridized carbons (Fsp3) is 0.447. The number of non-ortho nitro benzene ring substituents is 1. The van der Waals surface area contributed by atoms with Crippen molar-refractivity contribution in [2.24, 2.45) is 22.9 Å². The van der Waals surface area contributed by atoms with E-state index in [1.54, 1.807) is 36.2 Å². The van der Waals surface area contributed by atoms with Gasteiger partial charge >= 0.3 is 0 Å². The second-order valence-electron chi connectivity index (χ2n) is 15.7. The van der Waals surface area contributed by atoms with Gasteiger partial charge in [-0.2, -0.15) is 0 Å². The number of amides is 1. The topological polar surface area (TPSA) is 153 Å². The summed E-state index contributed by atoms with van der Waals surface area (Å²) >= 11 is 0. The largest absolute Gasteiger partial charge is 0.459 e. The number of oxime groups is 1. The standard InChI is InChI=1S/C47H57N3O9/c1-6-26-56-47-43(49(5)44(53)23-17-33-15-18-35(19-16-33)50(54)55)30-41(48-57-7-2)39-28-34(12-8-10-24-51)38(13-9-11-25-52)45(46(39)47)40-29-37(21-22-42(40)59-47)58-36-20-14-31(3)32(4)27-36/h6,14-23,27-29,34,38,43,45-46,51-52H,1,7-13,24-26,30H2,2-5H3. The number of carbonyl (C=O) groups excluding carboxylic acids is 1. The number of carbonyl (C=O) groups is 1. The Morgan fingerprint density at radius 3 is 2.41 bits per heavy atom. The van der Waals surface area contributed by atoms with Gasteiger partial charge in [-0.1, -0.05) is 36.2 Å². The minimum absolute atomic E-state index is 0.0370. The summed E-state index contributed by atoms with van der Waals surface area (Å²) in [5, 5.41) is 35.7. The number of nitro benzene ring substituents is 1. The molecule has 12 heteroatoms. The molecular formula is C47H57N3O9. The van der Waals surface area contributed by atoms with Crippen molar-refractivity contribution in [3.8, 4) is 17.2 Å². The van der Waals surface area contributed by atoms with Gasteiger partial charge in [0.15, 0.2) is 0 Å². The monoisotopic (exact) mass is 807 g/mol. The zero-order valence-corrected chi connectivity index (χ0v) is 34.5. The van der Waals surface area contributed by atoms with Crippen LogP contribution in [0.25, 0.3) is 6.08 Å². The highest BCUT2D eigenvalue weighted by Gasteiger charge is 2.65. The van der Waals surface area contributed by atoms with E-state index >= 15 is 0 Å². The molecule has 1 amide bonds. The molecule has 0 bridgehead atoms. The van der Waals surface area contributed by atoms with E-state index in [4.69, 9.17) is 24.2 Å². The molecule has 1 saturated carbocycles. The number of hydrogen-bond acceptors (Lipinski definition) is 10. The van der Waals surface area contributed by atoms with Gasteiger partial charge < -0.3 is 34.2 Å². The van der Waals surface area contributed by atoms with Crippen molar-refractivity contribution < 1.29 is 39.0 Å². The summed E-state index contributed by atoms with van der Waals surface area (Å²) < 4.78 is 20.7. The van der Waals surface area contributed by atoms with Crippen LogP contribution in [-0.4, -0.2) is 77.0 Å².